The van der Waals surface area contributed by atoms with Gasteiger partial charge >= 0.3 is 0 Å². The van der Waals surface area contributed by atoms with Crippen LogP contribution in [0.5, 0.6) is 0 Å². The minimum atomic E-state index is 0.0578. The zero-order valence-corrected chi connectivity index (χ0v) is 11.7. The molecular formula is C13H25N3O2. The van der Waals surface area contributed by atoms with Crippen LogP contribution in [0.15, 0.2) is 0 Å². The predicted molar refractivity (Wildman–Crippen MR) is 71.2 cm³/mol. The van der Waals surface area contributed by atoms with Crippen molar-refractivity contribution in [2.45, 2.75) is 39.7 Å². The molecule has 1 saturated heterocycles. The van der Waals surface area contributed by atoms with E-state index in [0.717, 1.165) is 19.4 Å². The van der Waals surface area contributed by atoms with E-state index >= 15 is 0 Å². The average Bonchev–Trinajstić information content (AvgIpc) is 2.37. The number of amides is 2. The summed E-state index contributed by atoms with van der Waals surface area (Å²) in [6.45, 7) is 8.79. The first kappa shape index (κ1) is 15.0. The van der Waals surface area contributed by atoms with Crippen LogP contribution < -0.4 is 5.32 Å². The summed E-state index contributed by atoms with van der Waals surface area (Å²) >= 11 is 0. The Kier molecular flexibility index (Phi) is 6.12. The number of carbonyl (C=O) groups is 2. The van der Waals surface area contributed by atoms with Crippen molar-refractivity contribution in [2.24, 2.45) is 0 Å². The predicted octanol–water partition coefficient (Wildman–Crippen LogP) is 0.455. The number of hydrogen-bond donors (Lipinski definition) is 1. The molecule has 1 aliphatic heterocycles. The third-order valence-electron chi connectivity index (χ3n) is 3.36. The van der Waals surface area contributed by atoms with Crippen LogP contribution in [0.2, 0.25) is 0 Å². The highest BCUT2D eigenvalue weighted by Gasteiger charge is 2.29. The Balaban J connectivity index is 2.50. The van der Waals surface area contributed by atoms with E-state index in [1.165, 1.54) is 0 Å². The van der Waals surface area contributed by atoms with Gasteiger partial charge in [0.25, 0.3) is 0 Å². The molecule has 104 valence electrons. The van der Waals surface area contributed by atoms with Crippen molar-refractivity contribution in [1.82, 2.24) is 15.1 Å². The Morgan fingerprint density at radius 3 is 2.28 bits per heavy atom. The van der Waals surface area contributed by atoms with Gasteiger partial charge in [-0.2, -0.15) is 0 Å². The summed E-state index contributed by atoms with van der Waals surface area (Å²) in [6.07, 6.45) is 2.04. The molecule has 1 rings (SSSR count). The lowest BCUT2D eigenvalue weighted by Crippen LogP contribution is -2.56. The van der Waals surface area contributed by atoms with Crippen LogP contribution in [0.25, 0.3) is 0 Å². The Labute approximate surface area is 110 Å². The molecule has 0 spiro atoms. The summed E-state index contributed by atoms with van der Waals surface area (Å²) in [7, 11) is 0. The number of carbonyl (C=O) groups excluding carboxylic acids is 2. The first-order chi connectivity index (χ1) is 8.62. The fraction of sp³-hybridized carbons (Fsp3) is 0.846. The normalized spacial score (nSPS) is 18.4. The first-order valence-corrected chi connectivity index (χ1v) is 6.91. The van der Waals surface area contributed by atoms with E-state index in [9.17, 15) is 9.59 Å². The number of hydrogen-bond acceptors (Lipinski definition) is 3. The van der Waals surface area contributed by atoms with Gasteiger partial charge in [-0.15, -0.1) is 0 Å². The van der Waals surface area contributed by atoms with Crippen LogP contribution in [-0.2, 0) is 9.59 Å². The number of likely N-dealkylation sites (N-methyl/N-ethyl adjacent to an activating group) is 1. The van der Waals surface area contributed by atoms with Gasteiger partial charge in [-0.25, -0.2) is 0 Å². The monoisotopic (exact) mass is 255 g/mol. The van der Waals surface area contributed by atoms with Gasteiger partial charge in [0.1, 0.15) is 0 Å². The number of nitrogens with zero attached hydrogens (tertiary/aromatic N) is 2. The Bertz CT molecular complexity index is 294. The fourth-order valence-corrected chi connectivity index (χ4v) is 2.11. The van der Waals surface area contributed by atoms with Crippen LogP contribution in [0, 0.1) is 0 Å². The summed E-state index contributed by atoms with van der Waals surface area (Å²) in [6, 6.07) is 0.287. The fourth-order valence-electron chi connectivity index (χ4n) is 2.11. The van der Waals surface area contributed by atoms with Crippen molar-refractivity contribution < 1.29 is 9.59 Å². The van der Waals surface area contributed by atoms with Crippen LogP contribution >= 0.6 is 0 Å². The van der Waals surface area contributed by atoms with Crippen molar-refractivity contribution in [2.75, 3.05) is 32.7 Å². The van der Waals surface area contributed by atoms with E-state index in [-0.39, 0.29) is 30.9 Å². The summed E-state index contributed by atoms with van der Waals surface area (Å²) in [4.78, 5) is 27.0. The molecule has 18 heavy (non-hydrogen) atoms. The van der Waals surface area contributed by atoms with E-state index in [4.69, 9.17) is 0 Å². The summed E-state index contributed by atoms with van der Waals surface area (Å²) < 4.78 is 0. The molecule has 0 aromatic rings. The highest BCUT2D eigenvalue weighted by molar-refractivity contribution is 5.92. The van der Waals surface area contributed by atoms with Gasteiger partial charge in [0.2, 0.25) is 11.8 Å². The van der Waals surface area contributed by atoms with Crippen molar-refractivity contribution in [3.05, 3.63) is 0 Å². The first-order valence-electron chi connectivity index (χ1n) is 6.91. The van der Waals surface area contributed by atoms with Gasteiger partial charge in [0.05, 0.1) is 13.1 Å². The molecule has 5 heteroatoms. The highest BCUT2D eigenvalue weighted by Crippen LogP contribution is 2.06. The number of piperazine rings is 1. The second-order valence-corrected chi connectivity index (χ2v) is 4.74. The van der Waals surface area contributed by atoms with Crippen molar-refractivity contribution in [1.29, 1.82) is 0 Å². The van der Waals surface area contributed by atoms with E-state index in [2.05, 4.69) is 19.2 Å². The van der Waals surface area contributed by atoms with Crippen LogP contribution in [0.1, 0.15) is 33.6 Å². The van der Waals surface area contributed by atoms with Crippen LogP contribution in [0.4, 0.5) is 0 Å². The standard InChI is InChI=1S/C13H25N3O2/c1-4-7-14-11(5-2)8-16-10-12(17)15(6-3)9-13(16)18/h11,14H,4-10H2,1-3H3. The highest BCUT2D eigenvalue weighted by atomic mass is 16.2. The van der Waals surface area contributed by atoms with Crippen molar-refractivity contribution in [3.63, 3.8) is 0 Å². The Morgan fingerprint density at radius 2 is 1.72 bits per heavy atom. The van der Waals surface area contributed by atoms with Gasteiger partial charge in [-0.3, -0.25) is 9.59 Å². The molecule has 5 nitrogen and oxygen atoms in total. The largest absolute Gasteiger partial charge is 0.332 e. The number of rotatable bonds is 7. The van der Waals surface area contributed by atoms with Crippen LogP contribution in [0.3, 0.4) is 0 Å². The minimum absolute atomic E-state index is 0.0578. The van der Waals surface area contributed by atoms with E-state index in [1.807, 2.05) is 6.92 Å². The molecule has 0 aliphatic carbocycles. The lowest BCUT2D eigenvalue weighted by atomic mass is 10.2. The summed E-state index contributed by atoms with van der Waals surface area (Å²) in [5.41, 5.74) is 0. The molecule has 1 aliphatic rings. The second-order valence-electron chi connectivity index (χ2n) is 4.74. The van der Waals surface area contributed by atoms with Gasteiger partial charge in [0, 0.05) is 19.1 Å². The lowest BCUT2D eigenvalue weighted by molar-refractivity contribution is -0.150. The lowest BCUT2D eigenvalue weighted by Gasteiger charge is -2.35. The number of nitrogens with one attached hydrogen (secondary N) is 1. The van der Waals surface area contributed by atoms with E-state index in [0.29, 0.717) is 13.1 Å². The summed E-state index contributed by atoms with van der Waals surface area (Å²) in [5.74, 6) is 0.121. The molecular weight excluding hydrogens is 230 g/mol. The molecule has 1 fully saturated rings. The van der Waals surface area contributed by atoms with E-state index in [1.54, 1.807) is 9.80 Å². The smallest absolute Gasteiger partial charge is 0.242 e. The Hall–Kier alpha value is -1.10. The SMILES string of the molecule is CCCNC(CC)CN1CC(=O)N(CC)CC1=O. The van der Waals surface area contributed by atoms with E-state index < -0.39 is 0 Å². The maximum absolute atomic E-state index is 11.9. The maximum atomic E-state index is 11.9. The molecule has 0 radical (unpaired) electrons. The maximum Gasteiger partial charge on any atom is 0.242 e. The molecule has 0 saturated carbocycles. The average molecular weight is 255 g/mol. The summed E-state index contributed by atoms with van der Waals surface area (Å²) in [5, 5.41) is 3.41. The third kappa shape index (κ3) is 3.98. The topological polar surface area (TPSA) is 52.7 Å². The second kappa shape index (κ2) is 7.36. The molecule has 1 atom stereocenters. The molecule has 1 heterocycles. The van der Waals surface area contributed by atoms with Gasteiger partial charge in [-0.1, -0.05) is 13.8 Å². The third-order valence-corrected chi connectivity index (χ3v) is 3.36. The quantitative estimate of drug-likeness (QED) is 0.719. The molecule has 0 bridgehead atoms. The molecule has 2 amide bonds. The van der Waals surface area contributed by atoms with Gasteiger partial charge in [0.15, 0.2) is 0 Å². The molecule has 0 aromatic carbocycles. The molecule has 0 aromatic heterocycles. The van der Waals surface area contributed by atoms with Gasteiger partial charge < -0.3 is 15.1 Å². The molecule has 1 N–H and O–H groups in total. The van der Waals surface area contributed by atoms with Gasteiger partial charge in [-0.05, 0) is 26.3 Å². The Morgan fingerprint density at radius 1 is 1.11 bits per heavy atom. The zero-order valence-electron chi connectivity index (χ0n) is 11.7. The van der Waals surface area contributed by atoms with Crippen molar-refractivity contribution in [3.8, 4) is 0 Å². The minimum Gasteiger partial charge on any atom is -0.332 e. The molecule has 1 unspecified atom stereocenters. The zero-order chi connectivity index (χ0) is 13.5. The van der Waals surface area contributed by atoms with Crippen molar-refractivity contribution >= 4 is 11.8 Å². The van der Waals surface area contributed by atoms with Crippen LogP contribution in [-0.4, -0.2) is 60.4 Å².